The van der Waals surface area contributed by atoms with Crippen LogP contribution >= 0.6 is 11.3 Å². The van der Waals surface area contributed by atoms with E-state index in [-0.39, 0.29) is 5.82 Å². The fourth-order valence-electron chi connectivity index (χ4n) is 1.86. The number of thiazole rings is 1. The summed E-state index contributed by atoms with van der Waals surface area (Å²) in [6.07, 6.45) is 0.411. The fourth-order valence-corrected chi connectivity index (χ4v) is 2.62. The van der Waals surface area contributed by atoms with Gasteiger partial charge in [-0.25, -0.2) is 9.37 Å². The molecule has 0 bridgehead atoms. The van der Waals surface area contributed by atoms with E-state index in [0.717, 1.165) is 16.1 Å². The Morgan fingerprint density at radius 2 is 2.20 bits per heavy atom. The molecule has 2 N–H and O–H groups in total. The quantitative estimate of drug-likeness (QED) is 0.802. The molecular formula is C13H11FN4OS. The summed E-state index contributed by atoms with van der Waals surface area (Å²) >= 11 is 1.30. The first-order chi connectivity index (χ1) is 9.61. The van der Waals surface area contributed by atoms with Crippen LogP contribution in [0.15, 0.2) is 28.8 Å². The van der Waals surface area contributed by atoms with Gasteiger partial charge in [0.1, 0.15) is 10.7 Å². The van der Waals surface area contributed by atoms with E-state index in [4.69, 9.17) is 10.3 Å². The summed E-state index contributed by atoms with van der Waals surface area (Å²) in [5.74, 6) is 0.609. The zero-order valence-corrected chi connectivity index (χ0v) is 11.4. The second-order valence-electron chi connectivity index (χ2n) is 4.29. The van der Waals surface area contributed by atoms with Crippen molar-refractivity contribution in [3.63, 3.8) is 0 Å². The summed E-state index contributed by atoms with van der Waals surface area (Å²) in [6.45, 7) is 1.83. The highest BCUT2D eigenvalue weighted by Crippen LogP contribution is 2.30. The van der Waals surface area contributed by atoms with E-state index < -0.39 is 0 Å². The smallest absolute Gasteiger partial charge is 0.270 e. The molecule has 3 rings (SSSR count). The van der Waals surface area contributed by atoms with Crippen LogP contribution in [0.3, 0.4) is 0 Å². The Hall–Kier alpha value is -2.28. The van der Waals surface area contributed by atoms with Gasteiger partial charge in [-0.15, -0.1) is 0 Å². The second kappa shape index (κ2) is 5.01. The molecule has 0 radical (unpaired) electrons. The predicted octanol–water partition coefficient (Wildman–Crippen LogP) is 2.81. The van der Waals surface area contributed by atoms with Gasteiger partial charge in [-0.2, -0.15) is 4.98 Å². The highest BCUT2D eigenvalue weighted by atomic mass is 32.1. The molecule has 5 nitrogen and oxygen atoms in total. The van der Waals surface area contributed by atoms with Gasteiger partial charge < -0.3 is 10.3 Å². The minimum atomic E-state index is -0.280. The van der Waals surface area contributed by atoms with Gasteiger partial charge in [0, 0.05) is 6.42 Å². The molecule has 0 atom stereocenters. The molecule has 0 aliphatic carbocycles. The molecule has 102 valence electrons. The second-order valence-corrected chi connectivity index (χ2v) is 5.32. The number of nitrogen functional groups attached to an aromatic ring is 1. The van der Waals surface area contributed by atoms with Crippen LogP contribution in [-0.4, -0.2) is 15.1 Å². The normalized spacial score (nSPS) is 10.9. The number of nitrogens with two attached hydrogens (primary N) is 1. The van der Waals surface area contributed by atoms with Gasteiger partial charge in [0.15, 0.2) is 11.0 Å². The van der Waals surface area contributed by atoms with Crippen molar-refractivity contribution in [3.05, 3.63) is 47.2 Å². The van der Waals surface area contributed by atoms with Gasteiger partial charge in [0.25, 0.3) is 5.89 Å². The van der Waals surface area contributed by atoms with E-state index >= 15 is 0 Å². The third kappa shape index (κ3) is 2.53. The summed E-state index contributed by atoms with van der Waals surface area (Å²) in [7, 11) is 0. The first-order valence-corrected chi connectivity index (χ1v) is 6.74. The van der Waals surface area contributed by atoms with Gasteiger partial charge in [-0.3, -0.25) is 0 Å². The number of halogens is 1. The monoisotopic (exact) mass is 290 g/mol. The lowest BCUT2D eigenvalue weighted by Gasteiger charge is -1.95. The molecule has 3 aromatic rings. The molecular weight excluding hydrogens is 279 g/mol. The van der Waals surface area contributed by atoms with Gasteiger partial charge in [0.2, 0.25) is 0 Å². The maximum absolute atomic E-state index is 13.1. The van der Waals surface area contributed by atoms with Gasteiger partial charge in [0.05, 0.1) is 5.69 Å². The predicted molar refractivity (Wildman–Crippen MR) is 73.8 cm³/mol. The molecule has 0 aliphatic rings. The number of rotatable bonds is 3. The van der Waals surface area contributed by atoms with E-state index in [1.807, 2.05) is 13.0 Å². The van der Waals surface area contributed by atoms with Crippen LogP contribution in [0.4, 0.5) is 9.52 Å². The molecule has 0 amide bonds. The number of benzene rings is 1. The van der Waals surface area contributed by atoms with Crippen molar-refractivity contribution < 1.29 is 8.91 Å². The summed E-state index contributed by atoms with van der Waals surface area (Å²) in [4.78, 5) is 9.17. The number of aromatic nitrogens is 3. The summed E-state index contributed by atoms with van der Waals surface area (Å²) in [6, 6.07) is 6.31. The molecule has 0 fully saturated rings. The third-order valence-electron chi connectivity index (χ3n) is 2.73. The Kier molecular flexibility index (Phi) is 3.19. The minimum Gasteiger partial charge on any atom is -0.375 e. The average molecular weight is 290 g/mol. The van der Waals surface area contributed by atoms with Crippen molar-refractivity contribution in [2.45, 2.75) is 13.3 Å². The zero-order valence-electron chi connectivity index (χ0n) is 10.6. The first kappa shape index (κ1) is 12.7. The number of hydrogen-bond donors (Lipinski definition) is 1. The van der Waals surface area contributed by atoms with Crippen LogP contribution in [-0.2, 0) is 6.42 Å². The summed E-state index contributed by atoms with van der Waals surface area (Å²) in [5, 5.41) is 4.36. The Morgan fingerprint density at radius 1 is 1.35 bits per heavy atom. The standard InChI is InChI=1S/C13H11FN4OS/c1-7-11(20-13(15)16-7)12-17-10(18-19-12)6-8-3-2-4-9(14)5-8/h2-5H,6H2,1H3,(H2,15,16). The maximum Gasteiger partial charge on any atom is 0.270 e. The Morgan fingerprint density at radius 3 is 2.90 bits per heavy atom. The van der Waals surface area contributed by atoms with E-state index in [0.29, 0.717) is 23.3 Å². The van der Waals surface area contributed by atoms with Crippen molar-refractivity contribution in [1.82, 2.24) is 15.1 Å². The topological polar surface area (TPSA) is 77.8 Å². The van der Waals surface area contributed by atoms with Gasteiger partial charge in [-0.05, 0) is 24.6 Å². The highest BCUT2D eigenvalue weighted by Gasteiger charge is 2.15. The zero-order chi connectivity index (χ0) is 14.1. The Labute approximate surface area is 118 Å². The van der Waals surface area contributed by atoms with Crippen LogP contribution in [0.2, 0.25) is 0 Å². The van der Waals surface area contributed by atoms with Crippen molar-refractivity contribution in [2.24, 2.45) is 0 Å². The number of aryl methyl sites for hydroxylation is 1. The van der Waals surface area contributed by atoms with Crippen molar-refractivity contribution >= 4 is 16.5 Å². The van der Waals surface area contributed by atoms with Crippen LogP contribution in [0.25, 0.3) is 10.8 Å². The van der Waals surface area contributed by atoms with Crippen LogP contribution in [0.5, 0.6) is 0 Å². The molecule has 1 aromatic carbocycles. The lowest BCUT2D eigenvalue weighted by molar-refractivity contribution is 0.424. The van der Waals surface area contributed by atoms with Gasteiger partial charge >= 0.3 is 0 Å². The van der Waals surface area contributed by atoms with Crippen molar-refractivity contribution in [2.75, 3.05) is 5.73 Å². The molecule has 2 aromatic heterocycles. The van der Waals surface area contributed by atoms with Gasteiger partial charge in [-0.1, -0.05) is 28.6 Å². The van der Waals surface area contributed by atoms with Crippen LogP contribution < -0.4 is 5.73 Å². The number of anilines is 1. The lowest BCUT2D eigenvalue weighted by atomic mass is 10.1. The Balaban J connectivity index is 1.85. The van der Waals surface area contributed by atoms with Crippen LogP contribution in [0.1, 0.15) is 17.1 Å². The molecule has 0 saturated heterocycles. The maximum atomic E-state index is 13.1. The van der Waals surface area contributed by atoms with E-state index in [1.54, 1.807) is 6.07 Å². The fraction of sp³-hybridized carbons (Fsp3) is 0.154. The highest BCUT2D eigenvalue weighted by molar-refractivity contribution is 7.18. The molecule has 7 heteroatoms. The number of nitrogens with zero attached hydrogens (tertiary/aromatic N) is 3. The summed E-state index contributed by atoms with van der Waals surface area (Å²) in [5.41, 5.74) is 7.19. The number of hydrogen-bond acceptors (Lipinski definition) is 6. The summed E-state index contributed by atoms with van der Waals surface area (Å²) < 4.78 is 18.3. The van der Waals surface area contributed by atoms with E-state index in [1.165, 1.54) is 23.5 Å². The van der Waals surface area contributed by atoms with Crippen molar-refractivity contribution in [3.8, 4) is 10.8 Å². The molecule has 20 heavy (non-hydrogen) atoms. The molecule has 0 aliphatic heterocycles. The molecule has 0 spiro atoms. The molecule has 0 saturated carbocycles. The largest absolute Gasteiger partial charge is 0.375 e. The SMILES string of the molecule is Cc1nc(N)sc1-c1nc(Cc2cccc(F)c2)no1. The Bertz CT molecular complexity index is 752. The van der Waals surface area contributed by atoms with E-state index in [2.05, 4.69) is 15.1 Å². The average Bonchev–Trinajstić information content (AvgIpc) is 2.96. The van der Waals surface area contributed by atoms with E-state index in [9.17, 15) is 4.39 Å². The lowest BCUT2D eigenvalue weighted by Crippen LogP contribution is -1.91. The van der Waals surface area contributed by atoms with Crippen LogP contribution in [0, 0.1) is 12.7 Å². The first-order valence-electron chi connectivity index (χ1n) is 5.92. The molecule has 2 heterocycles. The molecule has 0 unspecified atom stereocenters. The van der Waals surface area contributed by atoms with Crippen molar-refractivity contribution in [1.29, 1.82) is 0 Å². The third-order valence-corrected chi connectivity index (χ3v) is 3.70. The minimum absolute atomic E-state index is 0.280.